The summed E-state index contributed by atoms with van der Waals surface area (Å²) in [6.45, 7) is 5.03. The summed E-state index contributed by atoms with van der Waals surface area (Å²) in [5.41, 5.74) is 7.02. The lowest BCUT2D eigenvalue weighted by Gasteiger charge is -2.12. The van der Waals surface area contributed by atoms with Crippen molar-refractivity contribution >= 4 is 21.4 Å². The van der Waals surface area contributed by atoms with Crippen LogP contribution in [0.5, 0.6) is 0 Å². The number of hydrogen-bond donors (Lipinski definition) is 3. The van der Waals surface area contributed by atoms with Gasteiger partial charge in [-0.2, -0.15) is 0 Å². The van der Waals surface area contributed by atoms with Gasteiger partial charge in [-0.25, -0.2) is 13.1 Å². The number of nitrogens with one attached hydrogen (secondary N) is 2. The monoisotopic (exact) mass is 271 g/mol. The summed E-state index contributed by atoms with van der Waals surface area (Å²) in [6.07, 6.45) is 1.00. The zero-order chi connectivity index (χ0) is 13.8. The van der Waals surface area contributed by atoms with Crippen LogP contribution in [-0.2, 0) is 10.0 Å². The Morgan fingerprint density at radius 2 is 2.00 bits per heavy atom. The first-order chi connectivity index (χ1) is 8.36. The molecular weight excluding hydrogens is 250 g/mol. The van der Waals surface area contributed by atoms with Crippen molar-refractivity contribution in [1.82, 2.24) is 4.72 Å². The minimum absolute atomic E-state index is 0.214. The maximum absolute atomic E-state index is 11.7. The summed E-state index contributed by atoms with van der Waals surface area (Å²) in [6, 6.07) is 4.65. The van der Waals surface area contributed by atoms with Gasteiger partial charge in [-0.1, -0.05) is 13.8 Å². The van der Waals surface area contributed by atoms with E-state index in [0.29, 0.717) is 17.3 Å². The number of anilines is 2. The first-order valence-corrected chi connectivity index (χ1v) is 7.42. The standard InChI is InChI=1S/C12H21N3O2S/c1-9(2)6-7-15-12-8-10(4-5-11(12)13)18(16,17)14-3/h4-5,8-9,14-15H,6-7,13H2,1-3H3. The van der Waals surface area contributed by atoms with Gasteiger partial charge in [0.1, 0.15) is 0 Å². The molecule has 0 aliphatic carbocycles. The Hall–Kier alpha value is -1.27. The zero-order valence-electron chi connectivity index (χ0n) is 11.0. The average molecular weight is 271 g/mol. The third kappa shape index (κ3) is 3.89. The van der Waals surface area contributed by atoms with Crippen LogP contribution in [0.15, 0.2) is 23.1 Å². The van der Waals surface area contributed by atoms with Crippen molar-refractivity contribution in [2.24, 2.45) is 5.92 Å². The maximum Gasteiger partial charge on any atom is 0.240 e. The van der Waals surface area contributed by atoms with Crippen LogP contribution in [0.1, 0.15) is 20.3 Å². The number of hydrogen-bond acceptors (Lipinski definition) is 4. The Morgan fingerprint density at radius 3 is 2.56 bits per heavy atom. The molecule has 1 aromatic rings. The molecule has 0 heterocycles. The first kappa shape index (κ1) is 14.8. The quantitative estimate of drug-likeness (QED) is 0.687. The van der Waals surface area contributed by atoms with Gasteiger partial charge in [-0.3, -0.25) is 0 Å². The van der Waals surface area contributed by atoms with E-state index in [4.69, 9.17) is 5.73 Å². The van der Waals surface area contributed by atoms with Gasteiger partial charge in [0.05, 0.1) is 16.3 Å². The van der Waals surface area contributed by atoms with E-state index in [1.165, 1.54) is 13.1 Å². The third-order valence-corrected chi connectivity index (χ3v) is 4.05. The van der Waals surface area contributed by atoms with Crippen molar-refractivity contribution in [2.45, 2.75) is 25.2 Å². The number of nitrogens with two attached hydrogens (primary N) is 1. The molecular formula is C12H21N3O2S. The minimum atomic E-state index is -3.42. The van der Waals surface area contributed by atoms with Crippen LogP contribution in [0.3, 0.4) is 0 Å². The maximum atomic E-state index is 11.7. The molecule has 4 N–H and O–H groups in total. The normalized spacial score (nSPS) is 11.8. The molecule has 0 atom stereocenters. The van der Waals surface area contributed by atoms with Crippen LogP contribution < -0.4 is 15.8 Å². The molecule has 5 nitrogen and oxygen atoms in total. The SMILES string of the molecule is CNS(=O)(=O)c1ccc(N)c(NCCC(C)C)c1. The Bertz CT molecular complexity index is 498. The first-order valence-electron chi connectivity index (χ1n) is 5.93. The highest BCUT2D eigenvalue weighted by Crippen LogP contribution is 2.22. The van der Waals surface area contributed by atoms with E-state index in [2.05, 4.69) is 23.9 Å². The molecule has 0 spiro atoms. The molecule has 0 saturated carbocycles. The van der Waals surface area contributed by atoms with Gasteiger partial charge in [0, 0.05) is 6.54 Å². The Kier molecular flexibility index (Phi) is 4.98. The minimum Gasteiger partial charge on any atom is -0.397 e. The van der Waals surface area contributed by atoms with Crippen molar-refractivity contribution < 1.29 is 8.42 Å². The second kappa shape index (κ2) is 6.06. The molecule has 6 heteroatoms. The summed E-state index contributed by atoms with van der Waals surface area (Å²) < 4.78 is 25.6. The molecule has 0 fully saturated rings. The van der Waals surface area contributed by atoms with Crippen molar-refractivity contribution in [3.8, 4) is 0 Å². The van der Waals surface area contributed by atoms with Gasteiger partial charge in [0.15, 0.2) is 0 Å². The summed E-state index contributed by atoms with van der Waals surface area (Å²) >= 11 is 0. The van der Waals surface area contributed by atoms with Crippen LogP contribution in [-0.4, -0.2) is 22.0 Å². The number of nitrogen functional groups attached to an aromatic ring is 1. The van der Waals surface area contributed by atoms with E-state index in [1.54, 1.807) is 12.1 Å². The highest BCUT2D eigenvalue weighted by Gasteiger charge is 2.12. The molecule has 102 valence electrons. The predicted molar refractivity (Wildman–Crippen MR) is 75.0 cm³/mol. The van der Waals surface area contributed by atoms with Crippen LogP contribution in [0.25, 0.3) is 0 Å². The number of benzene rings is 1. The highest BCUT2D eigenvalue weighted by atomic mass is 32.2. The summed E-state index contributed by atoms with van der Waals surface area (Å²) in [5, 5.41) is 3.16. The Balaban J connectivity index is 2.88. The molecule has 0 unspecified atom stereocenters. The fraction of sp³-hybridized carbons (Fsp3) is 0.500. The smallest absolute Gasteiger partial charge is 0.240 e. The highest BCUT2D eigenvalue weighted by molar-refractivity contribution is 7.89. The van der Waals surface area contributed by atoms with Gasteiger partial charge >= 0.3 is 0 Å². The van der Waals surface area contributed by atoms with E-state index in [-0.39, 0.29) is 4.90 Å². The van der Waals surface area contributed by atoms with Gasteiger partial charge in [0.2, 0.25) is 10.0 Å². The topological polar surface area (TPSA) is 84.2 Å². The van der Waals surface area contributed by atoms with E-state index in [1.807, 2.05) is 0 Å². The average Bonchev–Trinajstić information content (AvgIpc) is 2.31. The van der Waals surface area contributed by atoms with Crippen LogP contribution in [0.4, 0.5) is 11.4 Å². The fourth-order valence-electron chi connectivity index (χ4n) is 1.47. The molecule has 1 aromatic carbocycles. The summed E-state index contributed by atoms with van der Waals surface area (Å²) in [5.74, 6) is 0.586. The molecule has 0 aliphatic rings. The van der Waals surface area contributed by atoms with E-state index >= 15 is 0 Å². The van der Waals surface area contributed by atoms with E-state index in [0.717, 1.165) is 13.0 Å². The molecule has 0 aliphatic heterocycles. The summed E-state index contributed by atoms with van der Waals surface area (Å²) in [7, 11) is -2.04. The van der Waals surface area contributed by atoms with Gasteiger partial charge in [-0.15, -0.1) is 0 Å². The third-order valence-electron chi connectivity index (χ3n) is 2.64. The molecule has 0 aromatic heterocycles. The van der Waals surface area contributed by atoms with Crippen molar-refractivity contribution in [3.63, 3.8) is 0 Å². The van der Waals surface area contributed by atoms with Gasteiger partial charge in [-0.05, 0) is 37.6 Å². The van der Waals surface area contributed by atoms with Crippen LogP contribution >= 0.6 is 0 Å². The van der Waals surface area contributed by atoms with Crippen LogP contribution in [0.2, 0.25) is 0 Å². The molecule has 0 radical (unpaired) electrons. The number of rotatable bonds is 6. The molecule has 0 bridgehead atoms. The largest absolute Gasteiger partial charge is 0.397 e. The lowest BCUT2D eigenvalue weighted by atomic mass is 10.1. The lowest BCUT2D eigenvalue weighted by molar-refractivity contribution is 0.588. The lowest BCUT2D eigenvalue weighted by Crippen LogP contribution is -2.19. The van der Waals surface area contributed by atoms with E-state index < -0.39 is 10.0 Å². The van der Waals surface area contributed by atoms with Crippen LogP contribution in [0, 0.1) is 5.92 Å². The second-order valence-electron chi connectivity index (χ2n) is 4.57. The Morgan fingerprint density at radius 1 is 1.33 bits per heavy atom. The van der Waals surface area contributed by atoms with Gasteiger partial charge < -0.3 is 11.1 Å². The molecule has 0 amide bonds. The van der Waals surface area contributed by atoms with Crippen molar-refractivity contribution in [3.05, 3.63) is 18.2 Å². The summed E-state index contributed by atoms with van der Waals surface area (Å²) in [4.78, 5) is 0.214. The van der Waals surface area contributed by atoms with Crippen molar-refractivity contribution in [2.75, 3.05) is 24.6 Å². The predicted octanol–water partition coefficient (Wildman–Crippen LogP) is 1.63. The molecule has 18 heavy (non-hydrogen) atoms. The van der Waals surface area contributed by atoms with E-state index in [9.17, 15) is 8.42 Å². The zero-order valence-corrected chi connectivity index (χ0v) is 11.8. The van der Waals surface area contributed by atoms with Gasteiger partial charge in [0.25, 0.3) is 0 Å². The fourth-order valence-corrected chi connectivity index (χ4v) is 2.22. The number of sulfonamides is 1. The Labute approximate surface area is 109 Å². The molecule has 1 rings (SSSR count). The second-order valence-corrected chi connectivity index (χ2v) is 6.45. The van der Waals surface area contributed by atoms with Crippen molar-refractivity contribution in [1.29, 1.82) is 0 Å². The molecule has 0 saturated heterocycles.